The molecule has 23 heavy (non-hydrogen) atoms. The van der Waals surface area contributed by atoms with Crippen molar-refractivity contribution in [3.05, 3.63) is 42.0 Å². The van der Waals surface area contributed by atoms with Crippen LogP contribution in [0.15, 0.2) is 36.4 Å². The molecular weight excluding hydrogens is 294 g/mol. The molecule has 0 atom stereocenters. The van der Waals surface area contributed by atoms with Crippen molar-refractivity contribution in [3.8, 4) is 23.0 Å². The molecule has 0 amide bonds. The number of ether oxygens (including phenoxy) is 4. The number of methoxy groups -OCH3 is 4. The van der Waals surface area contributed by atoms with Crippen molar-refractivity contribution >= 4 is 5.69 Å². The highest BCUT2D eigenvalue weighted by atomic mass is 16.5. The van der Waals surface area contributed by atoms with Gasteiger partial charge in [0.05, 0.1) is 28.4 Å². The molecule has 124 valence electrons. The number of hydrogen-bond acceptors (Lipinski definition) is 5. The van der Waals surface area contributed by atoms with Gasteiger partial charge in [-0.25, -0.2) is 0 Å². The second-order valence-corrected chi connectivity index (χ2v) is 4.94. The molecule has 1 N–H and O–H groups in total. The number of anilines is 1. The van der Waals surface area contributed by atoms with E-state index in [0.29, 0.717) is 5.75 Å². The van der Waals surface area contributed by atoms with Gasteiger partial charge in [-0.3, -0.25) is 0 Å². The van der Waals surface area contributed by atoms with Crippen LogP contribution in [0.2, 0.25) is 0 Å². The lowest BCUT2D eigenvalue weighted by Gasteiger charge is -2.12. The molecule has 2 rings (SSSR count). The molecule has 5 heteroatoms. The van der Waals surface area contributed by atoms with Gasteiger partial charge in [0.25, 0.3) is 0 Å². The van der Waals surface area contributed by atoms with Crippen LogP contribution in [0.3, 0.4) is 0 Å². The van der Waals surface area contributed by atoms with Gasteiger partial charge >= 0.3 is 0 Å². The third-order valence-corrected chi connectivity index (χ3v) is 3.57. The maximum atomic E-state index is 5.32. The second kappa shape index (κ2) is 8.17. The largest absolute Gasteiger partial charge is 0.493 e. The van der Waals surface area contributed by atoms with Gasteiger partial charge in [0.1, 0.15) is 0 Å². The average molecular weight is 317 g/mol. The Labute approximate surface area is 137 Å². The first-order chi connectivity index (χ1) is 11.2. The van der Waals surface area contributed by atoms with Crippen LogP contribution in [0.25, 0.3) is 0 Å². The standard InChI is InChI=1S/C18H23NO4/c1-20-15-7-5-13(11-17(15)22-3)9-10-19-14-6-8-16(21-2)18(12-14)23-4/h5-8,11-12,19H,9-10H2,1-4H3. The highest BCUT2D eigenvalue weighted by molar-refractivity contribution is 5.54. The SMILES string of the molecule is COc1ccc(CCNc2ccc(OC)c(OC)c2)cc1OC. The van der Waals surface area contributed by atoms with E-state index in [1.165, 1.54) is 5.56 Å². The molecule has 2 aromatic carbocycles. The quantitative estimate of drug-likeness (QED) is 0.809. The van der Waals surface area contributed by atoms with E-state index in [0.717, 1.165) is 35.9 Å². The van der Waals surface area contributed by atoms with Crippen molar-refractivity contribution in [1.29, 1.82) is 0 Å². The number of hydrogen-bond donors (Lipinski definition) is 1. The fourth-order valence-electron chi connectivity index (χ4n) is 2.33. The summed E-state index contributed by atoms with van der Waals surface area (Å²) < 4.78 is 21.1. The molecule has 0 spiro atoms. The van der Waals surface area contributed by atoms with Crippen molar-refractivity contribution < 1.29 is 18.9 Å². The van der Waals surface area contributed by atoms with E-state index in [1.54, 1.807) is 28.4 Å². The molecule has 0 bridgehead atoms. The van der Waals surface area contributed by atoms with Crippen molar-refractivity contribution in [1.82, 2.24) is 0 Å². The minimum atomic E-state index is 0.712. The van der Waals surface area contributed by atoms with Crippen LogP contribution in [0.4, 0.5) is 5.69 Å². The van der Waals surface area contributed by atoms with E-state index in [4.69, 9.17) is 18.9 Å². The van der Waals surface area contributed by atoms with E-state index in [9.17, 15) is 0 Å². The minimum absolute atomic E-state index is 0.712. The molecule has 0 unspecified atom stereocenters. The molecular formula is C18H23NO4. The van der Waals surface area contributed by atoms with Gasteiger partial charge in [-0.05, 0) is 36.2 Å². The van der Waals surface area contributed by atoms with Crippen LogP contribution >= 0.6 is 0 Å². The van der Waals surface area contributed by atoms with Gasteiger partial charge in [-0.15, -0.1) is 0 Å². The lowest BCUT2D eigenvalue weighted by molar-refractivity contribution is 0.354. The molecule has 0 radical (unpaired) electrons. The summed E-state index contributed by atoms with van der Waals surface area (Å²) in [5.74, 6) is 2.92. The molecule has 0 fully saturated rings. The molecule has 0 heterocycles. The first-order valence-electron chi connectivity index (χ1n) is 7.38. The topological polar surface area (TPSA) is 49.0 Å². The molecule has 0 aliphatic heterocycles. The predicted molar refractivity (Wildman–Crippen MR) is 91.3 cm³/mol. The third kappa shape index (κ3) is 4.22. The first kappa shape index (κ1) is 16.8. The fraction of sp³-hybridized carbons (Fsp3) is 0.333. The molecule has 0 saturated heterocycles. The van der Waals surface area contributed by atoms with Crippen LogP contribution in [0, 0.1) is 0 Å². The summed E-state index contributed by atoms with van der Waals surface area (Å²) in [6.07, 6.45) is 0.870. The smallest absolute Gasteiger partial charge is 0.162 e. The first-order valence-corrected chi connectivity index (χ1v) is 7.38. The summed E-state index contributed by atoms with van der Waals surface area (Å²) in [4.78, 5) is 0. The summed E-state index contributed by atoms with van der Waals surface area (Å²) in [7, 11) is 6.53. The van der Waals surface area contributed by atoms with Crippen molar-refractivity contribution in [3.63, 3.8) is 0 Å². The zero-order valence-electron chi connectivity index (χ0n) is 14.0. The van der Waals surface area contributed by atoms with Crippen LogP contribution < -0.4 is 24.3 Å². The predicted octanol–water partition coefficient (Wildman–Crippen LogP) is 3.38. The summed E-state index contributed by atoms with van der Waals surface area (Å²) in [6, 6.07) is 11.7. The van der Waals surface area contributed by atoms with Crippen LogP contribution in [0.1, 0.15) is 5.56 Å². The second-order valence-electron chi connectivity index (χ2n) is 4.94. The van der Waals surface area contributed by atoms with Gasteiger partial charge in [0.15, 0.2) is 23.0 Å². The molecule has 5 nitrogen and oxygen atoms in total. The van der Waals surface area contributed by atoms with Crippen LogP contribution in [0.5, 0.6) is 23.0 Å². The fourth-order valence-corrected chi connectivity index (χ4v) is 2.33. The Morgan fingerprint density at radius 2 is 1.26 bits per heavy atom. The lowest BCUT2D eigenvalue weighted by atomic mass is 10.1. The lowest BCUT2D eigenvalue weighted by Crippen LogP contribution is -2.05. The van der Waals surface area contributed by atoms with E-state index in [-0.39, 0.29) is 0 Å². The summed E-state index contributed by atoms with van der Waals surface area (Å²) >= 11 is 0. The summed E-state index contributed by atoms with van der Waals surface area (Å²) in [5.41, 5.74) is 2.17. The number of rotatable bonds is 8. The van der Waals surface area contributed by atoms with Gasteiger partial charge < -0.3 is 24.3 Å². The summed E-state index contributed by atoms with van der Waals surface area (Å²) in [5, 5.41) is 3.38. The zero-order chi connectivity index (χ0) is 16.7. The Hall–Kier alpha value is -2.56. The Bertz CT molecular complexity index is 587. The highest BCUT2D eigenvalue weighted by Gasteiger charge is 2.06. The molecule has 0 aliphatic rings. The molecule has 0 aromatic heterocycles. The summed E-state index contributed by atoms with van der Waals surface area (Å²) in [6.45, 7) is 0.797. The Morgan fingerprint density at radius 3 is 1.87 bits per heavy atom. The number of nitrogens with one attached hydrogen (secondary N) is 1. The number of benzene rings is 2. The monoisotopic (exact) mass is 317 g/mol. The Balaban J connectivity index is 1.97. The maximum absolute atomic E-state index is 5.32. The van der Waals surface area contributed by atoms with E-state index < -0.39 is 0 Å². The zero-order valence-corrected chi connectivity index (χ0v) is 14.0. The van der Waals surface area contributed by atoms with Gasteiger partial charge in [0.2, 0.25) is 0 Å². The molecule has 2 aromatic rings. The normalized spacial score (nSPS) is 10.1. The molecule has 0 aliphatic carbocycles. The molecule has 0 saturated carbocycles. The maximum Gasteiger partial charge on any atom is 0.162 e. The minimum Gasteiger partial charge on any atom is -0.493 e. The third-order valence-electron chi connectivity index (χ3n) is 3.57. The Morgan fingerprint density at radius 1 is 0.696 bits per heavy atom. The van der Waals surface area contributed by atoms with Crippen LogP contribution in [-0.4, -0.2) is 35.0 Å². The van der Waals surface area contributed by atoms with E-state index in [1.807, 2.05) is 36.4 Å². The van der Waals surface area contributed by atoms with Crippen molar-refractivity contribution in [2.24, 2.45) is 0 Å². The van der Waals surface area contributed by atoms with Crippen LogP contribution in [-0.2, 0) is 6.42 Å². The van der Waals surface area contributed by atoms with Crippen molar-refractivity contribution in [2.45, 2.75) is 6.42 Å². The highest BCUT2D eigenvalue weighted by Crippen LogP contribution is 2.30. The van der Waals surface area contributed by atoms with E-state index >= 15 is 0 Å². The van der Waals surface area contributed by atoms with Gasteiger partial charge in [0, 0.05) is 18.3 Å². The average Bonchev–Trinajstić information content (AvgIpc) is 2.61. The van der Waals surface area contributed by atoms with E-state index in [2.05, 4.69) is 5.32 Å². The van der Waals surface area contributed by atoms with Gasteiger partial charge in [-0.2, -0.15) is 0 Å². The van der Waals surface area contributed by atoms with Gasteiger partial charge in [-0.1, -0.05) is 6.07 Å². The Kier molecular flexibility index (Phi) is 5.97. The van der Waals surface area contributed by atoms with Crippen molar-refractivity contribution in [2.75, 3.05) is 40.3 Å².